The predicted octanol–water partition coefficient (Wildman–Crippen LogP) is 3.01. The van der Waals surface area contributed by atoms with Crippen LogP contribution in [-0.4, -0.2) is 45.7 Å². The Hall–Kier alpha value is -2.83. The van der Waals surface area contributed by atoms with Gasteiger partial charge in [-0.05, 0) is 12.0 Å². The van der Waals surface area contributed by atoms with Crippen molar-refractivity contribution >= 4 is 11.8 Å². The lowest BCUT2D eigenvalue weighted by atomic mass is 10.1. The van der Waals surface area contributed by atoms with Crippen LogP contribution in [0.3, 0.4) is 0 Å². The summed E-state index contributed by atoms with van der Waals surface area (Å²) < 4.78 is 27.0. The number of rotatable bonds is 4. The highest BCUT2D eigenvalue weighted by Crippen LogP contribution is 2.19. The highest BCUT2D eigenvalue weighted by atomic mass is 19.1. The van der Waals surface area contributed by atoms with Gasteiger partial charge >= 0.3 is 0 Å². The molecule has 0 unspecified atom stereocenters. The van der Waals surface area contributed by atoms with Crippen LogP contribution in [0.1, 0.15) is 35.8 Å². The summed E-state index contributed by atoms with van der Waals surface area (Å²) in [6.45, 7) is 2.87. The minimum absolute atomic E-state index is 0.0476. The molecule has 0 radical (unpaired) electrons. The maximum atomic E-state index is 13.9. The Balaban J connectivity index is 1.80. The van der Waals surface area contributed by atoms with E-state index in [0.29, 0.717) is 19.0 Å². The highest BCUT2D eigenvalue weighted by Gasteiger charge is 2.32. The Morgan fingerprint density at radius 2 is 2.00 bits per heavy atom. The van der Waals surface area contributed by atoms with Gasteiger partial charge in [0.2, 0.25) is 5.91 Å². The van der Waals surface area contributed by atoms with E-state index in [1.807, 2.05) is 37.3 Å². The van der Waals surface area contributed by atoms with E-state index in [0.717, 1.165) is 11.8 Å². The summed E-state index contributed by atoms with van der Waals surface area (Å²) in [7, 11) is 0. The largest absolute Gasteiger partial charge is 0.335 e. The molecule has 0 aliphatic carbocycles. The van der Waals surface area contributed by atoms with E-state index in [9.17, 15) is 18.4 Å². The molecule has 0 N–H and O–H groups in total. The zero-order valence-corrected chi connectivity index (χ0v) is 15.1. The van der Waals surface area contributed by atoms with E-state index in [-0.39, 0.29) is 31.5 Å². The smallest absolute Gasteiger partial charge is 0.275 e. The third kappa shape index (κ3) is 4.30. The van der Waals surface area contributed by atoms with Crippen LogP contribution in [0.4, 0.5) is 8.78 Å². The predicted molar refractivity (Wildman–Crippen MR) is 95.7 cm³/mol. The average molecular weight is 373 g/mol. The van der Waals surface area contributed by atoms with Crippen LogP contribution in [0.25, 0.3) is 0 Å². The molecular formula is C20H21F2N3O2. The van der Waals surface area contributed by atoms with Gasteiger partial charge in [-0.1, -0.05) is 37.3 Å². The number of pyridine rings is 1. The summed E-state index contributed by atoms with van der Waals surface area (Å²) in [4.78, 5) is 32.1. The fourth-order valence-corrected chi connectivity index (χ4v) is 3.28. The van der Waals surface area contributed by atoms with Gasteiger partial charge in [0, 0.05) is 38.2 Å². The number of nitrogens with zero attached hydrogens (tertiary/aromatic N) is 3. The lowest BCUT2D eigenvalue weighted by molar-refractivity contribution is -0.133. The summed E-state index contributed by atoms with van der Waals surface area (Å²) in [6.07, 6.45) is 1.62. The zero-order valence-electron chi connectivity index (χ0n) is 15.1. The number of halogens is 2. The first-order valence-corrected chi connectivity index (χ1v) is 8.93. The third-order valence-electron chi connectivity index (χ3n) is 4.75. The molecule has 1 aliphatic heterocycles. The standard InChI is InChI=1S/C20H21F2N3O2/c1-2-16-13-24(20(27)19-17(22)10-15(21)11-23-19)9-8-18(26)25(16)12-14-6-4-3-5-7-14/h3-7,10-11,16H,2,8-9,12-13H2,1H3/t16-/m0/s1. The van der Waals surface area contributed by atoms with Gasteiger partial charge in [0.15, 0.2) is 11.5 Å². The molecular weight excluding hydrogens is 352 g/mol. The van der Waals surface area contributed by atoms with Crippen LogP contribution in [0.2, 0.25) is 0 Å². The Kier molecular flexibility index (Phi) is 5.78. The molecule has 2 amide bonds. The second-order valence-electron chi connectivity index (χ2n) is 6.55. The molecule has 0 bridgehead atoms. The lowest BCUT2D eigenvalue weighted by Crippen LogP contribution is -2.44. The first kappa shape index (κ1) is 18.9. The second-order valence-corrected chi connectivity index (χ2v) is 6.55. The van der Waals surface area contributed by atoms with E-state index >= 15 is 0 Å². The molecule has 2 aromatic rings. The number of benzene rings is 1. The Morgan fingerprint density at radius 3 is 2.67 bits per heavy atom. The SMILES string of the molecule is CC[C@H]1CN(C(=O)c2ncc(F)cc2F)CCC(=O)N1Cc1ccccc1. The van der Waals surface area contributed by atoms with Crippen LogP contribution >= 0.6 is 0 Å². The summed E-state index contributed by atoms with van der Waals surface area (Å²) in [5.74, 6) is -2.51. The van der Waals surface area contributed by atoms with Crippen molar-refractivity contribution in [2.45, 2.75) is 32.4 Å². The van der Waals surface area contributed by atoms with Crippen molar-refractivity contribution in [1.82, 2.24) is 14.8 Å². The molecule has 1 aliphatic rings. The minimum Gasteiger partial charge on any atom is -0.335 e. The van der Waals surface area contributed by atoms with Gasteiger partial charge < -0.3 is 9.80 Å². The maximum absolute atomic E-state index is 13.9. The van der Waals surface area contributed by atoms with Crippen LogP contribution in [0.5, 0.6) is 0 Å². The first-order valence-electron chi connectivity index (χ1n) is 8.93. The van der Waals surface area contributed by atoms with Crippen molar-refractivity contribution in [3.05, 3.63) is 65.5 Å². The van der Waals surface area contributed by atoms with Gasteiger partial charge in [-0.15, -0.1) is 0 Å². The molecule has 5 nitrogen and oxygen atoms in total. The normalized spacial score (nSPS) is 17.7. The molecule has 1 aromatic carbocycles. The number of carbonyl (C=O) groups excluding carboxylic acids is 2. The molecule has 3 rings (SSSR count). The van der Waals surface area contributed by atoms with Gasteiger partial charge in [-0.25, -0.2) is 13.8 Å². The van der Waals surface area contributed by atoms with Crippen molar-refractivity contribution in [3.63, 3.8) is 0 Å². The molecule has 1 fully saturated rings. The Bertz CT molecular complexity index is 829. The van der Waals surface area contributed by atoms with Crippen LogP contribution in [0.15, 0.2) is 42.6 Å². The van der Waals surface area contributed by atoms with Gasteiger partial charge in [0.25, 0.3) is 5.91 Å². The number of aromatic nitrogens is 1. The van der Waals surface area contributed by atoms with Crippen LogP contribution < -0.4 is 0 Å². The van der Waals surface area contributed by atoms with Gasteiger partial charge in [0.05, 0.1) is 6.20 Å². The number of carbonyl (C=O) groups is 2. The monoisotopic (exact) mass is 373 g/mol. The van der Waals surface area contributed by atoms with Gasteiger partial charge in [0.1, 0.15) is 5.82 Å². The average Bonchev–Trinajstić information content (AvgIpc) is 2.82. The van der Waals surface area contributed by atoms with E-state index in [1.165, 1.54) is 4.90 Å². The van der Waals surface area contributed by atoms with E-state index < -0.39 is 23.2 Å². The number of amides is 2. The lowest BCUT2D eigenvalue weighted by Gasteiger charge is -2.31. The molecule has 0 saturated carbocycles. The molecule has 27 heavy (non-hydrogen) atoms. The van der Waals surface area contributed by atoms with Crippen LogP contribution in [0, 0.1) is 11.6 Å². The molecule has 1 aromatic heterocycles. The summed E-state index contributed by atoms with van der Waals surface area (Å²) >= 11 is 0. The minimum atomic E-state index is -0.996. The first-order chi connectivity index (χ1) is 13.0. The van der Waals surface area contributed by atoms with E-state index in [2.05, 4.69) is 4.98 Å². The molecule has 1 atom stereocenters. The number of hydrogen-bond donors (Lipinski definition) is 0. The van der Waals surface area contributed by atoms with Gasteiger partial charge in [-0.2, -0.15) is 0 Å². The highest BCUT2D eigenvalue weighted by molar-refractivity contribution is 5.93. The van der Waals surface area contributed by atoms with Crippen molar-refractivity contribution in [2.24, 2.45) is 0 Å². The fourth-order valence-electron chi connectivity index (χ4n) is 3.28. The Morgan fingerprint density at radius 1 is 1.26 bits per heavy atom. The van der Waals surface area contributed by atoms with Crippen molar-refractivity contribution in [2.75, 3.05) is 13.1 Å². The zero-order chi connectivity index (χ0) is 19.4. The van der Waals surface area contributed by atoms with E-state index in [1.54, 1.807) is 4.90 Å². The van der Waals surface area contributed by atoms with Crippen molar-refractivity contribution < 1.29 is 18.4 Å². The fraction of sp³-hybridized carbons (Fsp3) is 0.350. The molecule has 0 spiro atoms. The molecule has 1 saturated heterocycles. The quantitative estimate of drug-likeness (QED) is 0.828. The van der Waals surface area contributed by atoms with Gasteiger partial charge in [-0.3, -0.25) is 9.59 Å². The van der Waals surface area contributed by atoms with Crippen LogP contribution in [-0.2, 0) is 11.3 Å². The van der Waals surface area contributed by atoms with E-state index in [4.69, 9.17) is 0 Å². The molecule has 7 heteroatoms. The third-order valence-corrected chi connectivity index (χ3v) is 4.75. The summed E-state index contributed by atoms with van der Waals surface area (Å²) in [6, 6.07) is 10.1. The van der Waals surface area contributed by atoms with Crippen molar-refractivity contribution in [3.8, 4) is 0 Å². The Labute approximate surface area is 156 Å². The summed E-state index contributed by atoms with van der Waals surface area (Å²) in [5, 5.41) is 0. The molecule has 2 heterocycles. The summed E-state index contributed by atoms with van der Waals surface area (Å²) in [5.41, 5.74) is 0.588. The van der Waals surface area contributed by atoms with Crippen molar-refractivity contribution in [1.29, 1.82) is 0 Å². The maximum Gasteiger partial charge on any atom is 0.275 e. The molecule has 142 valence electrons. The topological polar surface area (TPSA) is 53.5 Å². The second kappa shape index (κ2) is 8.24. The number of hydrogen-bond acceptors (Lipinski definition) is 3.